The molecule has 0 spiro atoms. The summed E-state index contributed by atoms with van der Waals surface area (Å²) in [7, 11) is -2.68. The first kappa shape index (κ1) is 59.7. The van der Waals surface area contributed by atoms with E-state index in [0.29, 0.717) is 0 Å². The smallest absolute Gasteiger partial charge is 0.192 e. The van der Waals surface area contributed by atoms with Crippen molar-refractivity contribution in [3.63, 3.8) is 0 Å². The van der Waals surface area contributed by atoms with E-state index >= 15 is 0 Å². The van der Waals surface area contributed by atoms with Crippen molar-refractivity contribution in [2.24, 2.45) is 0 Å². The summed E-state index contributed by atoms with van der Waals surface area (Å²) < 4.78 is 76.2. The molecule has 0 radical (unpaired) electrons. The molecular weight excluding hydrogens is 1010 g/mol. The lowest BCUT2D eigenvalue weighted by Gasteiger charge is -2.51. The molecule has 0 unspecified atom stereocenters. The van der Waals surface area contributed by atoms with Crippen LogP contribution in [0.3, 0.4) is 0 Å². The SMILES string of the molecule is CC(C)(C)[Si](C)(C)OC[C@H]1O[C@@H]2O[C@H]3[C@H](O)[C@@H](O)[C@@H](O[C@H]4[C@H](O)[C@@H](O)[C@@H](O[C@H]5[C@H](O)[C@@H](O)[C@@H](O[C@H]6[C@H](O)[C@@H](O)[C@@H](O[C@H]7[C@H](O)[C@@H](O)[C@@H](O[C@H]1[C@H](O)[C@H]2O)O[C@@H]7CO)O[C@@H]6CO)O[C@@H]5CO)O[C@@H]4CO)O[C@@H]3CO. The van der Waals surface area contributed by atoms with Crippen LogP contribution in [0.15, 0.2) is 0 Å². The second-order valence-corrected chi connectivity index (χ2v) is 25.5. The highest BCUT2D eigenvalue weighted by atomic mass is 28.4. The molecule has 22 rings (SSSR count). The number of hydrogen-bond acceptors (Lipinski definition) is 30. The van der Waals surface area contributed by atoms with Crippen LogP contribution in [0.2, 0.25) is 18.1 Å². The fraction of sp³-hybridized carbons (Fsp3) is 1.00. The molecule has 0 amide bonds. The van der Waals surface area contributed by atoms with Crippen LogP contribution in [0.5, 0.6) is 0 Å². The molecule has 12 bridgehead atoms. The Kier molecular flexibility index (Phi) is 19.8. The van der Waals surface area contributed by atoms with Crippen molar-refractivity contribution in [3.8, 4) is 0 Å². The lowest BCUT2D eigenvalue weighted by Crippen LogP contribution is -2.69. The van der Waals surface area contributed by atoms with E-state index in [1.54, 1.807) is 0 Å². The second kappa shape index (κ2) is 24.2. The molecule has 22 heterocycles. The maximum atomic E-state index is 11.7. The third-order valence-electron chi connectivity index (χ3n) is 14.9. The Bertz CT molecular complexity index is 1730. The van der Waals surface area contributed by atoms with Crippen LogP contribution < -0.4 is 0 Å². The van der Waals surface area contributed by atoms with Crippen molar-refractivity contribution in [2.75, 3.05) is 39.6 Å². The van der Waals surface area contributed by atoms with E-state index in [1.165, 1.54) is 0 Å². The summed E-state index contributed by atoms with van der Waals surface area (Å²) in [6.07, 6.45) is -57.7. The summed E-state index contributed by atoms with van der Waals surface area (Å²) in [6, 6.07) is 0. The molecule has 0 aromatic carbocycles. The predicted octanol–water partition coefficient (Wildman–Crippen LogP) is -10.0. The lowest BCUT2D eigenvalue weighted by atomic mass is 9.94. The number of hydrogen-bond donors (Lipinski definition) is 17. The summed E-state index contributed by atoms with van der Waals surface area (Å²) in [4.78, 5) is 0. The fourth-order valence-corrected chi connectivity index (χ4v) is 10.4. The van der Waals surface area contributed by atoms with Gasteiger partial charge in [0, 0.05) is 0 Å². The molecule has 30 nitrogen and oxygen atoms in total. The Balaban J connectivity index is 1.22. The Morgan fingerprint density at radius 2 is 0.479 bits per heavy atom. The van der Waals surface area contributed by atoms with E-state index in [1.807, 2.05) is 33.9 Å². The zero-order valence-corrected chi connectivity index (χ0v) is 41.5. The van der Waals surface area contributed by atoms with Crippen molar-refractivity contribution in [3.05, 3.63) is 0 Å². The van der Waals surface area contributed by atoms with Gasteiger partial charge in [0.25, 0.3) is 0 Å². The highest BCUT2D eigenvalue weighted by Crippen LogP contribution is 2.40. The van der Waals surface area contributed by atoms with Gasteiger partial charge in [-0.1, -0.05) is 20.8 Å². The Hall–Kier alpha value is -0.983. The summed E-state index contributed by atoms with van der Waals surface area (Å²) in [5, 5.41) is 188. The minimum absolute atomic E-state index is 0.391. The van der Waals surface area contributed by atoms with E-state index < -0.39 is 237 Å². The van der Waals surface area contributed by atoms with Crippen molar-refractivity contribution >= 4 is 8.32 Å². The zero-order chi connectivity index (χ0) is 53.8. The molecule has 22 aliphatic heterocycles. The molecule has 22 fully saturated rings. The van der Waals surface area contributed by atoms with Crippen molar-refractivity contribution in [1.82, 2.24) is 0 Å². The summed E-state index contributed by atoms with van der Waals surface area (Å²) >= 11 is 0. The molecule has 0 aromatic heterocycles. The van der Waals surface area contributed by atoms with Gasteiger partial charge in [0.05, 0.1) is 39.6 Å². The first-order chi connectivity index (χ1) is 34.3. The third-order valence-corrected chi connectivity index (χ3v) is 19.4. The summed E-state index contributed by atoms with van der Waals surface area (Å²) in [5.74, 6) is 0. The van der Waals surface area contributed by atoms with Crippen molar-refractivity contribution in [1.29, 1.82) is 0 Å². The van der Waals surface area contributed by atoms with Gasteiger partial charge < -0.3 is 148 Å². The van der Waals surface area contributed by atoms with Crippen molar-refractivity contribution in [2.45, 2.75) is 223 Å². The van der Waals surface area contributed by atoms with Gasteiger partial charge in [-0.2, -0.15) is 0 Å². The van der Waals surface area contributed by atoms with Crippen LogP contribution in [0.25, 0.3) is 0 Å². The van der Waals surface area contributed by atoms with E-state index in [0.717, 1.165) is 0 Å². The normalized spacial score (nSPS) is 51.7. The van der Waals surface area contributed by atoms with E-state index in [9.17, 15) is 86.8 Å². The van der Waals surface area contributed by atoms with Crippen LogP contribution in [0, 0.1) is 0 Å². The standard InChI is InChI=1S/C42H74O30Si/c1-42(2,3)73(4,5)60-11-17-35-23(53)29(59)41(66-17)71-34-16(10-47)64-39(27(57)21(34)51)69-32-14(8-45)62-37(25(55)19(32)49)67-30-12(6-43)61-36(24(54)18(30)48)68-31-13(7-44)63-38(26(56)20(31)50)70-33-15(9-46)65-40(72-35)28(58)22(33)52/h12-41,43-59H,6-11H2,1-5H3/t12-,13-,14-,15-,16-,17-,18-,19-,20-,21-,22-,23-,24-,25-,26-,27-,28-,29-,30-,31-,32-,33-,34-,35-,36-,37-,38-,39-,40-,41-/m1/s1. The molecule has 0 aliphatic carbocycles. The number of ether oxygens (including phenoxy) is 12. The topological polar surface area (TPSA) is 464 Å². The average Bonchev–Trinajstić information content (AvgIpc) is 3.35. The van der Waals surface area contributed by atoms with Crippen molar-refractivity contribution < 1.29 is 148 Å². The molecule has 426 valence electrons. The summed E-state index contributed by atoms with van der Waals surface area (Å²) in [6.45, 7) is 4.24. The molecule has 30 atom stereocenters. The van der Waals surface area contributed by atoms with Gasteiger partial charge in [0.2, 0.25) is 0 Å². The molecule has 22 saturated heterocycles. The van der Waals surface area contributed by atoms with Gasteiger partial charge >= 0.3 is 0 Å². The molecule has 0 saturated carbocycles. The Morgan fingerprint density at radius 1 is 0.301 bits per heavy atom. The first-order valence-electron chi connectivity index (χ1n) is 24.0. The molecule has 22 aliphatic rings. The van der Waals surface area contributed by atoms with E-state index in [2.05, 4.69) is 0 Å². The first-order valence-corrected chi connectivity index (χ1v) is 26.9. The number of aliphatic hydroxyl groups excluding tert-OH is 17. The average molecular weight is 1090 g/mol. The lowest BCUT2D eigenvalue weighted by molar-refractivity contribution is -0.404. The predicted molar refractivity (Wildman–Crippen MR) is 232 cm³/mol. The minimum atomic E-state index is -2.68. The zero-order valence-electron chi connectivity index (χ0n) is 40.5. The quantitative estimate of drug-likeness (QED) is 0.100. The van der Waals surface area contributed by atoms with Crippen LogP contribution in [0.4, 0.5) is 0 Å². The van der Waals surface area contributed by atoms with E-state index in [4.69, 9.17) is 61.3 Å². The Morgan fingerprint density at radius 3 is 0.658 bits per heavy atom. The fourth-order valence-electron chi connectivity index (χ4n) is 9.42. The largest absolute Gasteiger partial charge is 0.414 e. The molecule has 73 heavy (non-hydrogen) atoms. The molecule has 17 N–H and O–H groups in total. The number of rotatable bonds is 8. The van der Waals surface area contributed by atoms with Gasteiger partial charge in [0.1, 0.15) is 146 Å². The second-order valence-electron chi connectivity index (χ2n) is 20.7. The summed E-state index contributed by atoms with van der Waals surface area (Å²) in [5.41, 5.74) is 0. The number of aliphatic hydroxyl groups is 17. The molecular formula is C42H74O30Si. The van der Waals surface area contributed by atoms with Gasteiger partial charge in [-0.3, -0.25) is 0 Å². The van der Waals surface area contributed by atoms with Crippen LogP contribution in [-0.2, 0) is 61.3 Å². The minimum Gasteiger partial charge on any atom is -0.414 e. The highest BCUT2D eigenvalue weighted by Gasteiger charge is 2.59. The van der Waals surface area contributed by atoms with E-state index in [-0.39, 0.29) is 0 Å². The van der Waals surface area contributed by atoms with Gasteiger partial charge in [0.15, 0.2) is 46.1 Å². The maximum absolute atomic E-state index is 11.7. The van der Waals surface area contributed by atoms with Gasteiger partial charge in [-0.05, 0) is 18.1 Å². The molecule has 0 aromatic rings. The molecule has 31 heteroatoms. The Labute approximate surface area is 418 Å². The monoisotopic (exact) mass is 1090 g/mol. The maximum Gasteiger partial charge on any atom is 0.192 e. The van der Waals surface area contributed by atoms with Crippen LogP contribution >= 0.6 is 0 Å². The van der Waals surface area contributed by atoms with Gasteiger partial charge in [-0.15, -0.1) is 0 Å². The highest BCUT2D eigenvalue weighted by molar-refractivity contribution is 6.74. The van der Waals surface area contributed by atoms with Crippen LogP contribution in [0.1, 0.15) is 20.8 Å². The third kappa shape index (κ3) is 12.0. The van der Waals surface area contributed by atoms with Crippen LogP contribution in [-0.4, -0.2) is 319 Å². The van der Waals surface area contributed by atoms with Gasteiger partial charge in [-0.25, -0.2) is 0 Å².